The van der Waals surface area contributed by atoms with Crippen molar-refractivity contribution in [2.24, 2.45) is 0 Å². The maximum absolute atomic E-state index is 3.63. The van der Waals surface area contributed by atoms with Crippen LogP contribution in [0.2, 0.25) is 0 Å². The van der Waals surface area contributed by atoms with Gasteiger partial charge in [0.05, 0.1) is 0 Å². The standard InChI is InChI=1S/C19H32N2/c1-5-21(17-12-7-6-8-13-17)18-14-10-9-11-16(18)15-20-19(2,3)4/h9-11,14,17,20H,5-8,12-13,15H2,1-4H3. The van der Waals surface area contributed by atoms with Crippen LogP contribution in [-0.2, 0) is 6.54 Å². The van der Waals surface area contributed by atoms with Crippen molar-refractivity contribution >= 4 is 5.69 Å². The molecule has 1 saturated carbocycles. The molecule has 0 heterocycles. The minimum atomic E-state index is 0.162. The fourth-order valence-electron chi connectivity index (χ4n) is 3.32. The molecule has 0 bridgehead atoms. The Labute approximate surface area is 130 Å². The van der Waals surface area contributed by atoms with Crippen LogP contribution in [0.25, 0.3) is 0 Å². The maximum atomic E-state index is 3.63. The van der Waals surface area contributed by atoms with Crippen LogP contribution in [0.1, 0.15) is 65.4 Å². The Morgan fingerprint density at radius 2 is 1.76 bits per heavy atom. The van der Waals surface area contributed by atoms with E-state index in [0.29, 0.717) is 0 Å². The minimum absolute atomic E-state index is 0.162. The quantitative estimate of drug-likeness (QED) is 0.842. The van der Waals surface area contributed by atoms with E-state index >= 15 is 0 Å². The summed E-state index contributed by atoms with van der Waals surface area (Å²) in [5.41, 5.74) is 3.03. The van der Waals surface area contributed by atoms with Gasteiger partial charge in [0.15, 0.2) is 0 Å². The van der Waals surface area contributed by atoms with Gasteiger partial charge in [-0.05, 0) is 52.2 Å². The molecule has 1 aliphatic rings. The lowest BCUT2D eigenvalue weighted by Gasteiger charge is -2.37. The normalized spacial score (nSPS) is 17.0. The Kier molecular flexibility index (Phi) is 5.69. The summed E-state index contributed by atoms with van der Waals surface area (Å²) in [4.78, 5) is 2.64. The van der Waals surface area contributed by atoms with Crippen molar-refractivity contribution in [1.82, 2.24) is 5.32 Å². The van der Waals surface area contributed by atoms with Gasteiger partial charge in [-0.3, -0.25) is 0 Å². The van der Waals surface area contributed by atoms with Gasteiger partial charge in [-0.25, -0.2) is 0 Å². The first-order valence-electron chi connectivity index (χ1n) is 8.61. The highest BCUT2D eigenvalue weighted by Gasteiger charge is 2.22. The molecule has 2 rings (SSSR count). The molecule has 21 heavy (non-hydrogen) atoms. The van der Waals surface area contributed by atoms with Crippen LogP contribution in [0.4, 0.5) is 5.69 Å². The summed E-state index contributed by atoms with van der Waals surface area (Å²) >= 11 is 0. The lowest BCUT2D eigenvalue weighted by molar-refractivity contribution is 0.412. The van der Waals surface area contributed by atoms with Crippen molar-refractivity contribution in [2.45, 2.75) is 77.9 Å². The molecule has 0 spiro atoms. The zero-order chi connectivity index (χ0) is 15.3. The molecule has 0 amide bonds. The average molecular weight is 288 g/mol. The van der Waals surface area contributed by atoms with Gasteiger partial charge in [0.2, 0.25) is 0 Å². The number of anilines is 1. The van der Waals surface area contributed by atoms with Crippen molar-refractivity contribution in [3.8, 4) is 0 Å². The fraction of sp³-hybridized carbons (Fsp3) is 0.684. The Morgan fingerprint density at radius 3 is 2.38 bits per heavy atom. The van der Waals surface area contributed by atoms with E-state index in [1.54, 1.807) is 0 Å². The third-order valence-corrected chi connectivity index (χ3v) is 4.47. The predicted molar refractivity (Wildman–Crippen MR) is 92.9 cm³/mol. The first-order chi connectivity index (χ1) is 10.0. The van der Waals surface area contributed by atoms with Crippen molar-refractivity contribution in [3.05, 3.63) is 29.8 Å². The second-order valence-corrected chi connectivity index (χ2v) is 7.31. The van der Waals surface area contributed by atoms with Crippen molar-refractivity contribution in [2.75, 3.05) is 11.4 Å². The van der Waals surface area contributed by atoms with E-state index in [-0.39, 0.29) is 5.54 Å². The second kappa shape index (κ2) is 7.31. The molecule has 118 valence electrons. The van der Waals surface area contributed by atoms with Gasteiger partial charge in [-0.15, -0.1) is 0 Å². The van der Waals surface area contributed by atoms with E-state index in [1.807, 2.05) is 0 Å². The summed E-state index contributed by atoms with van der Waals surface area (Å²) in [5.74, 6) is 0. The Balaban J connectivity index is 2.16. The lowest BCUT2D eigenvalue weighted by atomic mass is 9.93. The fourth-order valence-corrected chi connectivity index (χ4v) is 3.32. The molecule has 0 unspecified atom stereocenters. The molecule has 0 saturated heterocycles. The van der Waals surface area contributed by atoms with Crippen LogP contribution >= 0.6 is 0 Å². The molecule has 0 aromatic heterocycles. The highest BCUT2D eigenvalue weighted by atomic mass is 15.2. The monoisotopic (exact) mass is 288 g/mol. The minimum Gasteiger partial charge on any atom is -0.369 e. The molecule has 1 aromatic rings. The Morgan fingerprint density at radius 1 is 1.10 bits per heavy atom. The molecule has 0 atom stereocenters. The molecule has 0 radical (unpaired) electrons. The van der Waals surface area contributed by atoms with Gasteiger partial charge in [-0.2, -0.15) is 0 Å². The summed E-state index contributed by atoms with van der Waals surface area (Å²) in [6, 6.07) is 9.66. The number of para-hydroxylation sites is 1. The molecule has 2 nitrogen and oxygen atoms in total. The van der Waals surface area contributed by atoms with Gasteiger partial charge in [0, 0.05) is 30.4 Å². The van der Waals surface area contributed by atoms with Gasteiger partial charge >= 0.3 is 0 Å². The van der Waals surface area contributed by atoms with Gasteiger partial charge in [0.25, 0.3) is 0 Å². The number of nitrogens with zero attached hydrogens (tertiary/aromatic N) is 1. The molecule has 1 aromatic carbocycles. The van der Waals surface area contributed by atoms with Gasteiger partial charge in [-0.1, -0.05) is 37.5 Å². The number of hydrogen-bond acceptors (Lipinski definition) is 2. The number of rotatable bonds is 5. The van der Waals surface area contributed by atoms with E-state index in [4.69, 9.17) is 0 Å². The van der Waals surface area contributed by atoms with Crippen LogP contribution in [0, 0.1) is 0 Å². The van der Waals surface area contributed by atoms with Crippen LogP contribution in [0.5, 0.6) is 0 Å². The number of nitrogens with one attached hydrogen (secondary N) is 1. The topological polar surface area (TPSA) is 15.3 Å². The molecule has 1 fully saturated rings. The zero-order valence-electron chi connectivity index (χ0n) is 14.3. The highest BCUT2D eigenvalue weighted by molar-refractivity contribution is 5.54. The highest BCUT2D eigenvalue weighted by Crippen LogP contribution is 2.29. The van der Waals surface area contributed by atoms with E-state index in [1.165, 1.54) is 43.4 Å². The second-order valence-electron chi connectivity index (χ2n) is 7.31. The van der Waals surface area contributed by atoms with E-state index < -0.39 is 0 Å². The predicted octanol–water partition coefficient (Wildman–Crippen LogP) is 4.73. The van der Waals surface area contributed by atoms with Gasteiger partial charge in [0.1, 0.15) is 0 Å². The first kappa shape index (κ1) is 16.4. The molecular formula is C19H32N2. The van der Waals surface area contributed by atoms with E-state index in [0.717, 1.165) is 19.1 Å². The summed E-state index contributed by atoms with van der Waals surface area (Å²) in [7, 11) is 0. The first-order valence-corrected chi connectivity index (χ1v) is 8.61. The van der Waals surface area contributed by atoms with Gasteiger partial charge < -0.3 is 10.2 Å². The molecule has 1 N–H and O–H groups in total. The van der Waals surface area contributed by atoms with Crippen molar-refractivity contribution < 1.29 is 0 Å². The molecule has 0 aliphatic heterocycles. The Bertz CT molecular complexity index is 427. The van der Waals surface area contributed by atoms with Crippen LogP contribution in [-0.4, -0.2) is 18.1 Å². The smallest absolute Gasteiger partial charge is 0.0414 e. The maximum Gasteiger partial charge on any atom is 0.0414 e. The Hall–Kier alpha value is -1.02. The number of benzene rings is 1. The van der Waals surface area contributed by atoms with E-state index in [9.17, 15) is 0 Å². The summed E-state index contributed by atoms with van der Waals surface area (Å²) in [5, 5.41) is 3.63. The van der Waals surface area contributed by atoms with Crippen molar-refractivity contribution in [3.63, 3.8) is 0 Å². The summed E-state index contributed by atoms with van der Waals surface area (Å²) in [6.45, 7) is 11.0. The molecular weight excluding hydrogens is 256 g/mol. The average Bonchev–Trinajstić information content (AvgIpc) is 2.47. The third-order valence-electron chi connectivity index (χ3n) is 4.47. The number of hydrogen-bond donors (Lipinski definition) is 1. The van der Waals surface area contributed by atoms with Crippen LogP contribution in [0.3, 0.4) is 0 Å². The van der Waals surface area contributed by atoms with Crippen LogP contribution in [0.15, 0.2) is 24.3 Å². The summed E-state index contributed by atoms with van der Waals surface area (Å²) < 4.78 is 0. The van der Waals surface area contributed by atoms with E-state index in [2.05, 4.69) is 62.2 Å². The molecule has 1 aliphatic carbocycles. The van der Waals surface area contributed by atoms with Crippen molar-refractivity contribution in [1.29, 1.82) is 0 Å². The largest absolute Gasteiger partial charge is 0.369 e. The lowest BCUT2D eigenvalue weighted by Crippen LogP contribution is -2.39. The van der Waals surface area contributed by atoms with Crippen LogP contribution < -0.4 is 10.2 Å². The zero-order valence-corrected chi connectivity index (χ0v) is 14.3. The molecule has 2 heteroatoms. The summed E-state index contributed by atoms with van der Waals surface area (Å²) in [6.07, 6.45) is 6.91. The SMILES string of the molecule is CCN(c1ccccc1CNC(C)(C)C)C1CCCCC1. The third kappa shape index (κ3) is 4.74.